The van der Waals surface area contributed by atoms with E-state index in [0.29, 0.717) is 18.6 Å². The summed E-state index contributed by atoms with van der Waals surface area (Å²) in [5.41, 5.74) is 1.92. The van der Waals surface area contributed by atoms with Gasteiger partial charge >= 0.3 is 15.2 Å². The van der Waals surface area contributed by atoms with Crippen LogP contribution in [0.4, 0.5) is 0 Å². The second-order valence-electron chi connectivity index (χ2n) is 8.80. The monoisotopic (exact) mass is 509 g/mol. The lowest BCUT2D eigenvalue weighted by Gasteiger charge is -2.37. The SMILES string of the molecule is CCC(O)C[C@@]1(CC)CSc2ccc(OCCC3(S(=O)(=O)O)OO3)cc2[C@H](c2ccccc2)N1. The molecule has 3 atom stereocenters. The van der Waals surface area contributed by atoms with Crippen LogP contribution in [0.25, 0.3) is 0 Å². The molecule has 4 rings (SSSR count). The average Bonchev–Trinajstić information content (AvgIpc) is 3.64. The minimum absolute atomic E-state index is 0.0171. The number of nitrogens with one attached hydrogen (secondary N) is 1. The highest BCUT2D eigenvalue weighted by Gasteiger charge is 2.61. The molecule has 3 N–H and O–H groups in total. The summed E-state index contributed by atoms with van der Waals surface area (Å²) in [6.07, 6.45) is 1.69. The fraction of sp³-hybridized carbons (Fsp3) is 0.500. The van der Waals surface area contributed by atoms with Gasteiger partial charge in [0, 0.05) is 16.2 Å². The van der Waals surface area contributed by atoms with E-state index in [0.717, 1.165) is 28.2 Å². The molecule has 2 aromatic rings. The summed E-state index contributed by atoms with van der Waals surface area (Å²) in [6.45, 7) is 4.13. The van der Waals surface area contributed by atoms with Gasteiger partial charge in [0.1, 0.15) is 5.75 Å². The molecule has 8 nitrogen and oxygen atoms in total. The molecule has 0 aliphatic carbocycles. The second-order valence-corrected chi connectivity index (χ2v) is 11.4. The quantitative estimate of drug-likeness (QED) is 0.247. The molecule has 2 aromatic carbocycles. The highest BCUT2D eigenvalue weighted by molar-refractivity contribution is 7.99. The summed E-state index contributed by atoms with van der Waals surface area (Å²) < 4.78 is 37.9. The van der Waals surface area contributed by atoms with Gasteiger partial charge in [0.05, 0.1) is 25.2 Å². The molecule has 2 heterocycles. The normalized spacial score (nSPS) is 24.6. The molecule has 34 heavy (non-hydrogen) atoms. The number of thioether (sulfide) groups is 1. The Hall–Kier alpha value is -1.66. The summed E-state index contributed by atoms with van der Waals surface area (Å²) >= 11 is 1.76. The Labute approximate surface area is 204 Å². The Morgan fingerprint density at radius 2 is 1.94 bits per heavy atom. The minimum Gasteiger partial charge on any atom is -0.493 e. The van der Waals surface area contributed by atoms with Crippen LogP contribution in [0.2, 0.25) is 0 Å². The smallest absolute Gasteiger partial charge is 0.359 e. The van der Waals surface area contributed by atoms with Gasteiger partial charge in [-0.05, 0) is 48.6 Å². The van der Waals surface area contributed by atoms with Crippen LogP contribution in [0, 0.1) is 0 Å². The van der Waals surface area contributed by atoms with E-state index in [2.05, 4.69) is 34.1 Å². The Bertz CT molecular complexity index is 1090. The lowest BCUT2D eigenvalue weighted by atomic mass is 9.87. The fourth-order valence-corrected chi connectivity index (χ4v) is 6.12. The Morgan fingerprint density at radius 1 is 1.21 bits per heavy atom. The Kier molecular flexibility index (Phi) is 7.58. The number of hydrogen-bond donors (Lipinski definition) is 3. The van der Waals surface area contributed by atoms with Crippen molar-refractivity contribution in [1.82, 2.24) is 5.32 Å². The van der Waals surface area contributed by atoms with E-state index in [-0.39, 0.29) is 30.7 Å². The van der Waals surface area contributed by atoms with Crippen LogP contribution >= 0.6 is 11.8 Å². The molecular weight excluding hydrogens is 478 g/mol. The fourth-order valence-electron chi connectivity index (χ4n) is 4.22. The topological polar surface area (TPSA) is 121 Å². The largest absolute Gasteiger partial charge is 0.493 e. The van der Waals surface area contributed by atoms with Crippen molar-refractivity contribution in [1.29, 1.82) is 0 Å². The molecule has 1 saturated heterocycles. The van der Waals surface area contributed by atoms with Crippen LogP contribution in [0.5, 0.6) is 5.75 Å². The molecule has 10 heteroatoms. The number of aliphatic hydroxyl groups is 1. The highest BCUT2D eigenvalue weighted by Crippen LogP contribution is 2.43. The minimum atomic E-state index is -4.50. The summed E-state index contributed by atoms with van der Waals surface area (Å²) in [6, 6.07) is 15.9. The summed E-state index contributed by atoms with van der Waals surface area (Å²) in [5.74, 6) is 1.40. The first-order valence-corrected chi connectivity index (χ1v) is 13.9. The molecular formula is C24H31NO7S2. The summed E-state index contributed by atoms with van der Waals surface area (Å²) in [4.78, 5) is 10.1. The first kappa shape index (κ1) is 25.4. The van der Waals surface area contributed by atoms with Gasteiger partial charge in [0.2, 0.25) is 0 Å². The molecule has 0 bridgehead atoms. The number of benzene rings is 2. The number of fused-ring (bicyclic) bond motifs is 1. The van der Waals surface area contributed by atoms with Crippen LogP contribution in [0.1, 0.15) is 56.7 Å². The van der Waals surface area contributed by atoms with Crippen molar-refractivity contribution >= 4 is 21.9 Å². The van der Waals surface area contributed by atoms with Crippen LogP contribution < -0.4 is 10.1 Å². The second kappa shape index (κ2) is 10.1. The summed E-state index contributed by atoms with van der Waals surface area (Å²) in [7, 11) is -4.50. The van der Waals surface area contributed by atoms with Crippen molar-refractivity contribution in [3.05, 3.63) is 59.7 Å². The van der Waals surface area contributed by atoms with Gasteiger partial charge in [-0.2, -0.15) is 18.2 Å². The molecule has 1 unspecified atom stereocenters. The first-order chi connectivity index (χ1) is 16.2. The van der Waals surface area contributed by atoms with E-state index in [1.165, 1.54) is 0 Å². The highest BCUT2D eigenvalue weighted by atomic mass is 32.2. The van der Waals surface area contributed by atoms with Crippen LogP contribution in [0.3, 0.4) is 0 Å². The maximum absolute atomic E-state index is 11.4. The van der Waals surface area contributed by atoms with Gasteiger partial charge in [-0.1, -0.05) is 44.2 Å². The molecule has 0 spiro atoms. The lowest BCUT2D eigenvalue weighted by molar-refractivity contribution is 0.0850. The van der Waals surface area contributed by atoms with E-state index >= 15 is 0 Å². The molecule has 0 amide bonds. The number of rotatable bonds is 10. The van der Waals surface area contributed by atoms with Gasteiger partial charge in [-0.3, -0.25) is 9.87 Å². The van der Waals surface area contributed by atoms with E-state index < -0.39 is 15.2 Å². The van der Waals surface area contributed by atoms with Gasteiger partial charge < -0.3 is 9.84 Å². The van der Waals surface area contributed by atoms with E-state index in [1.54, 1.807) is 11.8 Å². The number of hydrogen-bond acceptors (Lipinski definition) is 8. The maximum atomic E-state index is 11.4. The van der Waals surface area contributed by atoms with Crippen LogP contribution in [-0.4, -0.2) is 47.2 Å². The average molecular weight is 510 g/mol. The molecule has 0 saturated carbocycles. The Morgan fingerprint density at radius 3 is 2.56 bits per heavy atom. The van der Waals surface area contributed by atoms with Crippen molar-refractivity contribution in [3.8, 4) is 5.75 Å². The number of ether oxygens (including phenoxy) is 1. The zero-order valence-corrected chi connectivity index (χ0v) is 20.9. The molecule has 1 fully saturated rings. The first-order valence-electron chi connectivity index (χ1n) is 11.4. The molecule has 0 aromatic heterocycles. The third kappa shape index (κ3) is 5.43. The third-order valence-corrected chi connectivity index (χ3v) is 9.00. The van der Waals surface area contributed by atoms with Crippen molar-refractivity contribution in [2.75, 3.05) is 12.4 Å². The number of aliphatic hydroxyl groups excluding tert-OH is 1. The standard InChI is InChI=1S/C24H31NO7S2/c1-3-18(26)15-23(4-2)16-33-21-11-10-19(30-13-12-24(31-32-24)34(27,28)29)14-20(21)22(25-23)17-8-6-5-7-9-17/h5-11,14,18,22,25-26H,3-4,12-13,15-16H2,1-2H3,(H,27,28,29)/t18?,22-,23-/m0/s1. The lowest BCUT2D eigenvalue weighted by Crippen LogP contribution is -2.50. The van der Waals surface area contributed by atoms with Crippen LogP contribution in [-0.2, 0) is 19.9 Å². The van der Waals surface area contributed by atoms with E-state index in [9.17, 15) is 18.1 Å². The van der Waals surface area contributed by atoms with Crippen molar-refractivity contribution in [2.24, 2.45) is 0 Å². The van der Waals surface area contributed by atoms with Gasteiger partial charge in [-0.15, -0.1) is 11.8 Å². The van der Waals surface area contributed by atoms with Gasteiger partial charge in [-0.25, -0.2) is 0 Å². The zero-order valence-electron chi connectivity index (χ0n) is 19.3. The van der Waals surface area contributed by atoms with E-state index in [4.69, 9.17) is 4.74 Å². The molecule has 2 aliphatic rings. The molecule has 2 aliphatic heterocycles. The van der Waals surface area contributed by atoms with Crippen molar-refractivity contribution in [3.63, 3.8) is 0 Å². The molecule has 186 valence electrons. The van der Waals surface area contributed by atoms with Crippen LogP contribution in [0.15, 0.2) is 53.4 Å². The van der Waals surface area contributed by atoms with Crippen molar-refractivity contribution in [2.45, 2.75) is 67.2 Å². The Balaban J connectivity index is 1.60. The summed E-state index contributed by atoms with van der Waals surface area (Å²) in [5, 5.41) is 12.3. The third-order valence-electron chi connectivity index (χ3n) is 6.49. The molecule has 0 radical (unpaired) electrons. The maximum Gasteiger partial charge on any atom is 0.359 e. The van der Waals surface area contributed by atoms with Crippen molar-refractivity contribution < 1.29 is 32.6 Å². The van der Waals surface area contributed by atoms with Gasteiger partial charge in [0.25, 0.3) is 0 Å². The van der Waals surface area contributed by atoms with Gasteiger partial charge in [0.15, 0.2) is 0 Å². The van der Waals surface area contributed by atoms with E-state index in [1.807, 2.05) is 43.3 Å². The predicted octanol–water partition coefficient (Wildman–Crippen LogP) is 4.05. The zero-order chi connectivity index (χ0) is 24.4. The predicted molar refractivity (Wildman–Crippen MR) is 129 cm³/mol.